The van der Waals surface area contributed by atoms with Crippen molar-refractivity contribution in [2.24, 2.45) is 5.92 Å². The van der Waals surface area contributed by atoms with Gasteiger partial charge in [-0.25, -0.2) is 0 Å². The van der Waals surface area contributed by atoms with E-state index in [4.69, 9.17) is 11.6 Å². The van der Waals surface area contributed by atoms with Crippen LogP contribution in [0.5, 0.6) is 0 Å². The van der Waals surface area contributed by atoms with Crippen molar-refractivity contribution >= 4 is 33.4 Å². The number of hydrogen-bond donors (Lipinski definition) is 1. The van der Waals surface area contributed by atoms with E-state index in [1.807, 2.05) is 0 Å². The van der Waals surface area contributed by atoms with Crippen LogP contribution in [0.4, 0.5) is 5.69 Å². The van der Waals surface area contributed by atoms with E-state index in [-0.39, 0.29) is 11.8 Å². The van der Waals surface area contributed by atoms with Gasteiger partial charge in [-0.3, -0.25) is 4.79 Å². The lowest BCUT2D eigenvalue weighted by molar-refractivity contribution is -0.120. The van der Waals surface area contributed by atoms with Crippen molar-refractivity contribution in [1.82, 2.24) is 8.61 Å². The number of nitrogens with zero attached hydrogens (tertiary/aromatic N) is 2. The summed E-state index contributed by atoms with van der Waals surface area (Å²) < 4.78 is 26.7. The second-order valence-electron chi connectivity index (χ2n) is 5.46. The number of halogens is 1. The maximum absolute atomic E-state index is 12.2. The van der Waals surface area contributed by atoms with E-state index in [1.54, 1.807) is 24.3 Å². The number of carbonyl (C=O) groups excluding carboxylic acids is 1. The van der Waals surface area contributed by atoms with Gasteiger partial charge in [0.15, 0.2) is 0 Å². The first-order valence-corrected chi connectivity index (χ1v) is 8.82. The van der Waals surface area contributed by atoms with Crippen LogP contribution in [-0.4, -0.2) is 50.1 Å². The van der Waals surface area contributed by atoms with Crippen LogP contribution in [0, 0.1) is 5.92 Å². The lowest BCUT2D eigenvalue weighted by atomic mass is 9.97. The number of benzene rings is 1. The van der Waals surface area contributed by atoms with Gasteiger partial charge < -0.3 is 5.32 Å². The second-order valence-corrected chi connectivity index (χ2v) is 8.04. The zero-order chi connectivity index (χ0) is 16.3. The fourth-order valence-electron chi connectivity index (χ4n) is 2.39. The molecule has 0 radical (unpaired) electrons. The summed E-state index contributed by atoms with van der Waals surface area (Å²) in [5, 5.41) is 3.39. The Labute approximate surface area is 136 Å². The summed E-state index contributed by atoms with van der Waals surface area (Å²) in [5.41, 5.74) is 0.654. The third-order valence-corrected chi connectivity index (χ3v) is 5.88. The van der Waals surface area contributed by atoms with Gasteiger partial charge in [-0.2, -0.15) is 17.0 Å². The molecule has 1 fully saturated rings. The molecule has 1 aliphatic rings. The summed E-state index contributed by atoms with van der Waals surface area (Å²) >= 11 is 5.88. The standard InChI is InChI=1S/C14H20ClN3O3S/c1-17(2)22(20,21)18-8-6-11(7-9-18)14(19)16-13-5-3-4-12(15)10-13/h3-5,10-11H,6-9H2,1-2H3,(H,16,19). The Morgan fingerprint density at radius 1 is 1.32 bits per heavy atom. The fourth-order valence-corrected chi connectivity index (χ4v) is 3.71. The third kappa shape index (κ3) is 3.98. The first-order valence-electron chi connectivity index (χ1n) is 7.05. The molecular formula is C14H20ClN3O3S. The van der Waals surface area contributed by atoms with E-state index >= 15 is 0 Å². The summed E-state index contributed by atoms with van der Waals surface area (Å²) in [6.07, 6.45) is 1.03. The van der Waals surface area contributed by atoms with Gasteiger partial charge in [0, 0.05) is 43.8 Å². The molecule has 0 spiro atoms. The van der Waals surface area contributed by atoms with E-state index in [9.17, 15) is 13.2 Å². The molecule has 2 rings (SSSR count). The highest BCUT2D eigenvalue weighted by Gasteiger charge is 2.32. The van der Waals surface area contributed by atoms with Crippen molar-refractivity contribution < 1.29 is 13.2 Å². The summed E-state index contributed by atoms with van der Waals surface area (Å²) in [6, 6.07) is 6.96. The van der Waals surface area contributed by atoms with Gasteiger partial charge in [0.2, 0.25) is 5.91 Å². The SMILES string of the molecule is CN(C)S(=O)(=O)N1CCC(C(=O)Nc2cccc(Cl)c2)CC1. The van der Waals surface area contributed by atoms with Crippen molar-refractivity contribution in [1.29, 1.82) is 0 Å². The van der Waals surface area contributed by atoms with Gasteiger partial charge in [-0.15, -0.1) is 0 Å². The van der Waals surface area contributed by atoms with Gasteiger partial charge in [-0.1, -0.05) is 17.7 Å². The molecule has 0 aliphatic carbocycles. The molecule has 1 aliphatic heterocycles. The number of hydrogen-bond acceptors (Lipinski definition) is 3. The highest BCUT2D eigenvalue weighted by Crippen LogP contribution is 2.23. The molecule has 6 nitrogen and oxygen atoms in total. The molecular weight excluding hydrogens is 326 g/mol. The lowest BCUT2D eigenvalue weighted by Crippen LogP contribution is -2.46. The van der Waals surface area contributed by atoms with Gasteiger partial charge >= 0.3 is 0 Å². The molecule has 1 aromatic rings. The molecule has 8 heteroatoms. The predicted molar refractivity (Wildman–Crippen MR) is 87.0 cm³/mol. The van der Waals surface area contributed by atoms with E-state index in [0.29, 0.717) is 36.6 Å². The number of nitrogens with one attached hydrogen (secondary N) is 1. The van der Waals surface area contributed by atoms with Gasteiger partial charge in [-0.05, 0) is 31.0 Å². The zero-order valence-electron chi connectivity index (χ0n) is 12.6. The van der Waals surface area contributed by atoms with Crippen molar-refractivity contribution in [3.8, 4) is 0 Å². The minimum Gasteiger partial charge on any atom is -0.326 e. The monoisotopic (exact) mass is 345 g/mol. The van der Waals surface area contributed by atoms with Crippen molar-refractivity contribution in [2.75, 3.05) is 32.5 Å². The molecule has 0 atom stereocenters. The number of anilines is 1. The van der Waals surface area contributed by atoms with Crippen LogP contribution in [0.3, 0.4) is 0 Å². The second kappa shape index (κ2) is 6.95. The zero-order valence-corrected chi connectivity index (χ0v) is 14.2. The highest BCUT2D eigenvalue weighted by atomic mass is 35.5. The molecule has 1 N–H and O–H groups in total. The fraction of sp³-hybridized carbons (Fsp3) is 0.500. The first kappa shape index (κ1) is 17.2. The molecule has 0 bridgehead atoms. The molecule has 0 saturated carbocycles. The molecule has 1 saturated heterocycles. The van der Waals surface area contributed by atoms with Crippen molar-refractivity contribution in [2.45, 2.75) is 12.8 Å². The first-order chi connectivity index (χ1) is 10.3. The lowest BCUT2D eigenvalue weighted by Gasteiger charge is -2.32. The Bertz CT molecular complexity index is 640. The van der Waals surface area contributed by atoms with E-state index in [0.717, 1.165) is 0 Å². The van der Waals surface area contributed by atoms with Crippen LogP contribution in [0.25, 0.3) is 0 Å². The number of amides is 1. The van der Waals surface area contributed by atoms with E-state index < -0.39 is 10.2 Å². The summed E-state index contributed by atoms with van der Waals surface area (Å²) in [6.45, 7) is 0.711. The Kier molecular flexibility index (Phi) is 5.44. The minimum atomic E-state index is -3.40. The molecule has 1 heterocycles. The largest absolute Gasteiger partial charge is 0.326 e. The highest BCUT2D eigenvalue weighted by molar-refractivity contribution is 7.86. The summed E-state index contributed by atoms with van der Waals surface area (Å²) in [4.78, 5) is 12.2. The molecule has 22 heavy (non-hydrogen) atoms. The molecule has 122 valence electrons. The predicted octanol–water partition coefficient (Wildman–Crippen LogP) is 1.80. The maximum Gasteiger partial charge on any atom is 0.281 e. The summed E-state index contributed by atoms with van der Waals surface area (Å²) in [5.74, 6) is -0.281. The van der Waals surface area contributed by atoms with Crippen LogP contribution in [-0.2, 0) is 15.0 Å². The van der Waals surface area contributed by atoms with Crippen molar-refractivity contribution in [3.05, 3.63) is 29.3 Å². The maximum atomic E-state index is 12.2. The average molecular weight is 346 g/mol. The van der Waals surface area contributed by atoms with Crippen LogP contribution < -0.4 is 5.32 Å². The Balaban J connectivity index is 1.93. The van der Waals surface area contributed by atoms with E-state index in [1.165, 1.54) is 22.7 Å². The smallest absolute Gasteiger partial charge is 0.281 e. The Morgan fingerprint density at radius 3 is 2.50 bits per heavy atom. The van der Waals surface area contributed by atoms with Crippen LogP contribution in [0.1, 0.15) is 12.8 Å². The molecule has 1 aromatic carbocycles. The van der Waals surface area contributed by atoms with Crippen molar-refractivity contribution in [3.63, 3.8) is 0 Å². The molecule has 0 aromatic heterocycles. The van der Waals surface area contributed by atoms with Gasteiger partial charge in [0.25, 0.3) is 10.2 Å². The van der Waals surface area contributed by atoms with Crippen LogP contribution >= 0.6 is 11.6 Å². The molecule has 1 amide bonds. The normalized spacial score (nSPS) is 17.6. The summed E-state index contributed by atoms with van der Waals surface area (Å²) in [7, 11) is -0.382. The van der Waals surface area contributed by atoms with Gasteiger partial charge in [0.05, 0.1) is 0 Å². The van der Waals surface area contributed by atoms with E-state index in [2.05, 4.69) is 5.32 Å². The quantitative estimate of drug-likeness (QED) is 0.904. The number of piperidine rings is 1. The average Bonchev–Trinajstić information content (AvgIpc) is 2.47. The Hall–Kier alpha value is -1.15. The molecule has 0 unspecified atom stereocenters. The van der Waals surface area contributed by atoms with Crippen LogP contribution in [0.15, 0.2) is 24.3 Å². The Morgan fingerprint density at radius 2 is 1.95 bits per heavy atom. The van der Waals surface area contributed by atoms with Crippen LogP contribution in [0.2, 0.25) is 5.02 Å². The number of rotatable bonds is 4. The van der Waals surface area contributed by atoms with Gasteiger partial charge in [0.1, 0.15) is 0 Å². The third-order valence-electron chi connectivity index (χ3n) is 3.70. The minimum absolute atomic E-state index is 0.0934. The number of carbonyl (C=O) groups is 1. The topological polar surface area (TPSA) is 69.7 Å².